The Labute approximate surface area is 92.3 Å². The van der Waals surface area contributed by atoms with Crippen molar-refractivity contribution in [2.75, 3.05) is 11.1 Å². The van der Waals surface area contributed by atoms with Gasteiger partial charge in [-0.25, -0.2) is 14.4 Å². The van der Waals surface area contributed by atoms with Crippen LogP contribution < -0.4 is 11.1 Å². The van der Waals surface area contributed by atoms with Crippen LogP contribution in [-0.4, -0.2) is 9.97 Å². The maximum atomic E-state index is 13.1. The minimum atomic E-state index is -0.286. The van der Waals surface area contributed by atoms with Gasteiger partial charge >= 0.3 is 0 Å². The van der Waals surface area contributed by atoms with E-state index in [2.05, 4.69) is 15.3 Å². The highest BCUT2D eigenvalue weighted by Crippen LogP contribution is 2.17. The molecule has 0 unspecified atom stereocenters. The smallest absolute Gasteiger partial charge is 0.149 e. The summed E-state index contributed by atoms with van der Waals surface area (Å²) in [5, 5.41) is 2.94. The molecule has 1 aromatic carbocycles. The van der Waals surface area contributed by atoms with E-state index >= 15 is 0 Å². The van der Waals surface area contributed by atoms with Gasteiger partial charge in [-0.3, -0.25) is 0 Å². The lowest BCUT2D eigenvalue weighted by molar-refractivity contribution is 0.627. The van der Waals surface area contributed by atoms with Crippen molar-refractivity contribution in [2.45, 2.75) is 6.92 Å². The maximum absolute atomic E-state index is 13.1. The number of nitrogens with one attached hydrogen (secondary N) is 1. The van der Waals surface area contributed by atoms with Crippen LogP contribution in [0.25, 0.3) is 0 Å². The molecule has 4 nitrogen and oxygen atoms in total. The molecule has 5 heteroatoms. The lowest BCUT2D eigenvalue weighted by atomic mass is 10.2. The average Bonchev–Trinajstić information content (AvgIpc) is 2.20. The van der Waals surface area contributed by atoms with Gasteiger partial charge in [0.05, 0.1) is 12.4 Å². The van der Waals surface area contributed by atoms with Gasteiger partial charge in [-0.05, 0) is 30.7 Å². The fraction of sp³-hybridized carbons (Fsp3) is 0.0909. The van der Waals surface area contributed by atoms with Gasteiger partial charge in [-0.2, -0.15) is 0 Å². The second-order valence-electron chi connectivity index (χ2n) is 3.47. The molecule has 16 heavy (non-hydrogen) atoms. The van der Waals surface area contributed by atoms with Gasteiger partial charge < -0.3 is 11.1 Å². The summed E-state index contributed by atoms with van der Waals surface area (Å²) in [5.74, 6) is 0.589. The van der Waals surface area contributed by atoms with Crippen LogP contribution in [-0.2, 0) is 0 Å². The number of aryl methyl sites for hydroxylation is 1. The Bertz CT molecular complexity index is 476. The van der Waals surface area contributed by atoms with Crippen molar-refractivity contribution in [1.82, 2.24) is 9.97 Å². The number of rotatable bonds is 2. The van der Waals surface area contributed by atoms with Gasteiger partial charge in [0.25, 0.3) is 0 Å². The third-order valence-corrected chi connectivity index (χ3v) is 1.99. The van der Waals surface area contributed by atoms with Crippen molar-refractivity contribution in [3.05, 3.63) is 42.0 Å². The number of nitrogens with zero attached hydrogens (tertiary/aromatic N) is 2. The van der Waals surface area contributed by atoms with Crippen molar-refractivity contribution >= 4 is 17.3 Å². The first-order valence-corrected chi connectivity index (χ1v) is 4.75. The van der Waals surface area contributed by atoms with Crippen LogP contribution in [0.3, 0.4) is 0 Å². The first kappa shape index (κ1) is 10.4. The molecular formula is C11H11FN4. The van der Waals surface area contributed by atoms with Gasteiger partial charge in [0.15, 0.2) is 0 Å². The minimum absolute atomic E-state index is 0.286. The standard InChI is InChI=1S/C11H11FN4/c1-7-2-8(12)4-9(3-7)16-11-6-14-10(13)5-15-11/h2-6H,1H3,(H2,13,14)(H,15,16). The molecule has 1 heterocycles. The number of hydrogen-bond donors (Lipinski definition) is 2. The Morgan fingerprint density at radius 2 is 2.00 bits per heavy atom. The normalized spacial score (nSPS) is 10.1. The number of hydrogen-bond acceptors (Lipinski definition) is 4. The highest BCUT2D eigenvalue weighted by molar-refractivity contribution is 5.56. The third kappa shape index (κ3) is 2.44. The quantitative estimate of drug-likeness (QED) is 0.811. The van der Waals surface area contributed by atoms with Crippen LogP contribution in [0, 0.1) is 12.7 Å². The van der Waals surface area contributed by atoms with E-state index in [1.165, 1.54) is 24.5 Å². The number of nitrogen functional groups attached to an aromatic ring is 1. The van der Waals surface area contributed by atoms with Crippen LogP contribution in [0.2, 0.25) is 0 Å². The number of anilines is 3. The lowest BCUT2D eigenvalue weighted by Crippen LogP contribution is -1.97. The number of benzene rings is 1. The fourth-order valence-electron chi connectivity index (χ4n) is 1.36. The summed E-state index contributed by atoms with van der Waals surface area (Å²) in [6.45, 7) is 1.82. The molecule has 2 aromatic rings. The summed E-state index contributed by atoms with van der Waals surface area (Å²) in [6.07, 6.45) is 2.93. The second-order valence-corrected chi connectivity index (χ2v) is 3.47. The third-order valence-electron chi connectivity index (χ3n) is 1.99. The zero-order chi connectivity index (χ0) is 11.5. The van der Waals surface area contributed by atoms with Crippen LogP contribution in [0.4, 0.5) is 21.7 Å². The molecule has 0 saturated carbocycles. The molecule has 0 radical (unpaired) electrons. The fourth-order valence-corrected chi connectivity index (χ4v) is 1.36. The Kier molecular flexibility index (Phi) is 2.68. The Morgan fingerprint density at radius 1 is 1.19 bits per heavy atom. The van der Waals surface area contributed by atoms with E-state index in [-0.39, 0.29) is 5.82 Å². The van der Waals surface area contributed by atoms with Gasteiger partial charge in [0.1, 0.15) is 17.5 Å². The number of aromatic nitrogens is 2. The molecule has 0 aliphatic rings. The predicted molar refractivity (Wildman–Crippen MR) is 60.9 cm³/mol. The summed E-state index contributed by atoms with van der Waals surface area (Å²) >= 11 is 0. The van der Waals surface area contributed by atoms with Crippen LogP contribution in [0.15, 0.2) is 30.6 Å². The van der Waals surface area contributed by atoms with Crippen LogP contribution >= 0.6 is 0 Å². The molecule has 0 atom stereocenters. The van der Waals surface area contributed by atoms with Crippen LogP contribution in [0.5, 0.6) is 0 Å². The van der Waals surface area contributed by atoms with Gasteiger partial charge in [-0.1, -0.05) is 0 Å². The van der Waals surface area contributed by atoms with Gasteiger partial charge in [0, 0.05) is 5.69 Å². The molecular weight excluding hydrogens is 207 g/mol. The van der Waals surface area contributed by atoms with E-state index in [1.54, 1.807) is 0 Å². The molecule has 2 rings (SSSR count). The monoisotopic (exact) mass is 218 g/mol. The average molecular weight is 218 g/mol. The van der Waals surface area contributed by atoms with Crippen molar-refractivity contribution in [1.29, 1.82) is 0 Å². The van der Waals surface area contributed by atoms with Crippen molar-refractivity contribution in [2.24, 2.45) is 0 Å². The summed E-state index contributed by atoms with van der Waals surface area (Å²) in [4.78, 5) is 7.89. The van der Waals surface area contributed by atoms with E-state index in [9.17, 15) is 4.39 Å². The SMILES string of the molecule is Cc1cc(F)cc(Nc2cnc(N)cn2)c1. The molecule has 0 spiro atoms. The van der Waals surface area contributed by atoms with Crippen molar-refractivity contribution in [3.63, 3.8) is 0 Å². The van der Waals surface area contributed by atoms with E-state index in [4.69, 9.17) is 5.73 Å². The highest BCUT2D eigenvalue weighted by Gasteiger charge is 2.00. The predicted octanol–water partition coefficient (Wildman–Crippen LogP) is 2.25. The minimum Gasteiger partial charge on any atom is -0.382 e. The molecule has 0 aliphatic heterocycles. The first-order valence-electron chi connectivity index (χ1n) is 4.75. The molecule has 0 bridgehead atoms. The largest absolute Gasteiger partial charge is 0.382 e. The maximum Gasteiger partial charge on any atom is 0.149 e. The molecule has 0 amide bonds. The number of halogens is 1. The molecule has 82 valence electrons. The zero-order valence-corrected chi connectivity index (χ0v) is 8.74. The van der Waals surface area contributed by atoms with E-state index in [0.717, 1.165) is 5.56 Å². The van der Waals surface area contributed by atoms with Crippen molar-refractivity contribution < 1.29 is 4.39 Å². The van der Waals surface area contributed by atoms with E-state index in [0.29, 0.717) is 17.3 Å². The number of nitrogens with two attached hydrogens (primary N) is 1. The van der Waals surface area contributed by atoms with Gasteiger partial charge in [-0.15, -0.1) is 0 Å². The summed E-state index contributed by atoms with van der Waals surface area (Å²) in [6, 6.07) is 4.67. The zero-order valence-electron chi connectivity index (χ0n) is 8.74. The Morgan fingerprint density at radius 3 is 2.62 bits per heavy atom. The summed E-state index contributed by atoms with van der Waals surface area (Å²) in [5.41, 5.74) is 6.88. The topological polar surface area (TPSA) is 63.8 Å². The molecule has 0 fully saturated rings. The lowest BCUT2D eigenvalue weighted by Gasteiger charge is -2.06. The highest BCUT2D eigenvalue weighted by atomic mass is 19.1. The molecule has 0 saturated heterocycles. The molecule has 3 N–H and O–H groups in total. The molecule has 0 aliphatic carbocycles. The van der Waals surface area contributed by atoms with Crippen LogP contribution in [0.1, 0.15) is 5.56 Å². The van der Waals surface area contributed by atoms with E-state index in [1.807, 2.05) is 13.0 Å². The summed E-state index contributed by atoms with van der Waals surface area (Å²) < 4.78 is 13.1. The summed E-state index contributed by atoms with van der Waals surface area (Å²) in [7, 11) is 0. The van der Waals surface area contributed by atoms with E-state index < -0.39 is 0 Å². The van der Waals surface area contributed by atoms with Gasteiger partial charge in [0.2, 0.25) is 0 Å². The second kappa shape index (κ2) is 4.14. The Balaban J connectivity index is 2.23. The molecule has 1 aromatic heterocycles. The van der Waals surface area contributed by atoms with Crippen molar-refractivity contribution in [3.8, 4) is 0 Å². The Hall–Kier alpha value is -2.17. The first-order chi connectivity index (χ1) is 7.63.